The molecule has 0 aliphatic heterocycles. The quantitative estimate of drug-likeness (QED) is 0.643. The molecule has 2 heterocycles. The van der Waals surface area contributed by atoms with E-state index in [4.69, 9.17) is 4.98 Å². The molecule has 1 aromatic carbocycles. The number of rotatable bonds is 2. The zero-order valence-electron chi connectivity index (χ0n) is 13.1. The second-order valence-corrected chi connectivity index (χ2v) is 5.90. The van der Waals surface area contributed by atoms with Gasteiger partial charge in [-0.15, -0.1) is 0 Å². The molecular formula is C19H21N2+. The van der Waals surface area contributed by atoms with Gasteiger partial charge in [0.1, 0.15) is 5.69 Å². The summed E-state index contributed by atoms with van der Waals surface area (Å²) in [5, 5.41) is 1.18. The maximum absolute atomic E-state index is 4.85. The average molecular weight is 277 g/mol. The summed E-state index contributed by atoms with van der Waals surface area (Å²) in [4.78, 5) is 4.85. The molecule has 0 atom stereocenters. The second-order valence-electron chi connectivity index (χ2n) is 5.90. The molecule has 3 aromatic rings. The Labute approximate surface area is 126 Å². The fourth-order valence-corrected chi connectivity index (χ4v) is 2.72. The van der Waals surface area contributed by atoms with Crippen molar-refractivity contribution in [3.63, 3.8) is 0 Å². The predicted octanol–water partition coefficient (Wildman–Crippen LogP) is 4.16. The predicted molar refractivity (Wildman–Crippen MR) is 87.2 cm³/mol. The lowest BCUT2D eigenvalue weighted by Crippen LogP contribution is -2.33. The van der Waals surface area contributed by atoms with Gasteiger partial charge < -0.3 is 0 Å². The minimum Gasteiger partial charge on any atom is -0.226 e. The second kappa shape index (κ2) is 5.28. The fraction of sp³-hybridized carbons (Fsp3) is 0.263. The third kappa shape index (κ3) is 2.42. The molecule has 3 rings (SSSR count). The Bertz CT molecular complexity index is 804. The zero-order valence-corrected chi connectivity index (χ0v) is 13.1. The highest BCUT2D eigenvalue weighted by Crippen LogP contribution is 2.22. The van der Waals surface area contributed by atoms with Crippen molar-refractivity contribution in [2.45, 2.75) is 26.7 Å². The van der Waals surface area contributed by atoms with Crippen LogP contribution in [0.15, 0.2) is 48.5 Å². The van der Waals surface area contributed by atoms with Crippen LogP contribution in [0.5, 0.6) is 0 Å². The molecule has 2 nitrogen and oxygen atoms in total. The van der Waals surface area contributed by atoms with Crippen LogP contribution in [0.4, 0.5) is 0 Å². The molecule has 0 amide bonds. The number of aryl methyl sites for hydroxylation is 2. The van der Waals surface area contributed by atoms with E-state index in [0.717, 1.165) is 11.3 Å². The van der Waals surface area contributed by atoms with Gasteiger partial charge in [0.25, 0.3) is 0 Å². The molecule has 0 N–H and O–H groups in total. The molecule has 0 fully saturated rings. The fourth-order valence-electron chi connectivity index (χ4n) is 2.72. The normalized spacial score (nSPS) is 11.3. The Hall–Kier alpha value is -2.22. The molecule has 0 radical (unpaired) electrons. The molecule has 0 saturated carbocycles. The summed E-state index contributed by atoms with van der Waals surface area (Å²) in [6, 6.07) is 17.1. The number of hydrogen-bond acceptors (Lipinski definition) is 1. The Morgan fingerprint density at radius 1 is 0.952 bits per heavy atom. The van der Waals surface area contributed by atoms with Gasteiger partial charge in [-0.3, -0.25) is 0 Å². The van der Waals surface area contributed by atoms with Crippen LogP contribution in [0.1, 0.15) is 31.0 Å². The first-order valence-corrected chi connectivity index (χ1v) is 7.43. The molecular weight excluding hydrogens is 256 g/mol. The van der Waals surface area contributed by atoms with Crippen LogP contribution in [0.25, 0.3) is 22.3 Å². The van der Waals surface area contributed by atoms with Crippen LogP contribution in [-0.4, -0.2) is 4.98 Å². The standard InChI is InChI=1S/C19H21N2/c1-13(2)17-11-9-15-10-12-18(21(4)19(15)20-17)16-8-6-5-7-14(16)3/h5-13H,1-4H3/q+1. The van der Waals surface area contributed by atoms with E-state index in [9.17, 15) is 0 Å². The molecule has 0 spiro atoms. The van der Waals surface area contributed by atoms with E-state index in [1.807, 2.05) is 0 Å². The lowest BCUT2D eigenvalue weighted by atomic mass is 10.0. The van der Waals surface area contributed by atoms with Crippen molar-refractivity contribution in [1.82, 2.24) is 4.98 Å². The highest BCUT2D eigenvalue weighted by Gasteiger charge is 2.17. The molecule has 0 bridgehead atoms. The van der Waals surface area contributed by atoms with Crippen LogP contribution < -0.4 is 4.57 Å². The van der Waals surface area contributed by atoms with E-state index in [1.165, 1.54) is 22.2 Å². The Balaban J connectivity index is 2.26. The maximum Gasteiger partial charge on any atom is 0.330 e. The van der Waals surface area contributed by atoms with Crippen molar-refractivity contribution >= 4 is 11.0 Å². The van der Waals surface area contributed by atoms with E-state index in [1.54, 1.807) is 0 Å². The molecule has 2 heteroatoms. The first-order chi connectivity index (χ1) is 10.1. The number of aromatic nitrogens is 2. The highest BCUT2D eigenvalue weighted by molar-refractivity contribution is 5.75. The molecule has 0 aliphatic carbocycles. The number of hydrogen-bond donors (Lipinski definition) is 0. The molecule has 2 aromatic heterocycles. The van der Waals surface area contributed by atoms with Gasteiger partial charge in [0.05, 0.1) is 12.4 Å². The van der Waals surface area contributed by atoms with Crippen molar-refractivity contribution in [2.24, 2.45) is 7.05 Å². The van der Waals surface area contributed by atoms with E-state index in [-0.39, 0.29) is 0 Å². The molecule has 0 saturated heterocycles. The van der Waals surface area contributed by atoms with Crippen molar-refractivity contribution in [2.75, 3.05) is 0 Å². The van der Waals surface area contributed by atoms with Gasteiger partial charge in [0, 0.05) is 11.5 Å². The summed E-state index contributed by atoms with van der Waals surface area (Å²) in [5.41, 5.74) is 5.93. The smallest absolute Gasteiger partial charge is 0.226 e. The molecule has 0 unspecified atom stereocenters. The van der Waals surface area contributed by atoms with Gasteiger partial charge in [0.2, 0.25) is 0 Å². The summed E-state index contributed by atoms with van der Waals surface area (Å²) >= 11 is 0. The summed E-state index contributed by atoms with van der Waals surface area (Å²) in [7, 11) is 2.10. The molecule has 21 heavy (non-hydrogen) atoms. The van der Waals surface area contributed by atoms with Crippen LogP contribution in [-0.2, 0) is 7.05 Å². The van der Waals surface area contributed by atoms with Gasteiger partial charge in [-0.2, -0.15) is 0 Å². The lowest BCUT2D eigenvalue weighted by molar-refractivity contribution is -0.635. The van der Waals surface area contributed by atoms with Gasteiger partial charge >= 0.3 is 5.65 Å². The third-order valence-electron chi connectivity index (χ3n) is 4.04. The third-order valence-corrected chi connectivity index (χ3v) is 4.04. The Morgan fingerprint density at radius 3 is 2.38 bits per heavy atom. The zero-order chi connectivity index (χ0) is 15.0. The van der Waals surface area contributed by atoms with Crippen molar-refractivity contribution in [3.05, 3.63) is 59.8 Å². The van der Waals surface area contributed by atoms with Gasteiger partial charge in [-0.1, -0.05) is 38.1 Å². The summed E-state index contributed by atoms with van der Waals surface area (Å²) in [5.74, 6) is 0.441. The minimum absolute atomic E-state index is 0.441. The van der Waals surface area contributed by atoms with E-state index in [2.05, 4.69) is 80.9 Å². The van der Waals surface area contributed by atoms with E-state index in [0.29, 0.717) is 5.92 Å². The van der Waals surface area contributed by atoms with Crippen LogP contribution in [0.2, 0.25) is 0 Å². The summed E-state index contributed by atoms with van der Waals surface area (Å²) in [6.07, 6.45) is 0. The summed E-state index contributed by atoms with van der Waals surface area (Å²) < 4.78 is 2.20. The lowest BCUT2D eigenvalue weighted by Gasteiger charge is -2.08. The SMILES string of the molecule is Cc1ccccc1-c1ccc2ccc(C(C)C)nc2[n+]1C. The Kier molecular flexibility index (Phi) is 3.46. The molecule has 0 aliphatic rings. The monoisotopic (exact) mass is 277 g/mol. The van der Waals surface area contributed by atoms with Crippen LogP contribution in [0, 0.1) is 6.92 Å². The summed E-state index contributed by atoms with van der Waals surface area (Å²) in [6.45, 7) is 6.51. The number of pyridine rings is 2. The first kappa shape index (κ1) is 13.7. The number of benzene rings is 1. The van der Waals surface area contributed by atoms with Crippen molar-refractivity contribution in [3.8, 4) is 11.3 Å². The minimum atomic E-state index is 0.441. The largest absolute Gasteiger partial charge is 0.330 e. The van der Waals surface area contributed by atoms with E-state index >= 15 is 0 Å². The highest BCUT2D eigenvalue weighted by atomic mass is 15.0. The van der Waals surface area contributed by atoms with Crippen molar-refractivity contribution in [1.29, 1.82) is 0 Å². The first-order valence-electron chi connectivity index (χ1n) is 7.43. The van der Waals surface area contributed by atoms with Gasteiger partial charge in [0.15, 0.2) is 5.69 Å². The average Bonchev–Trinajstić information content (AvgIpc) is 2.48. The Morgan fingerprint density at radius 2 is 1.67 bits per heavy atom. The van der Waals surface area contributed by atoms with Gasteiger partial charge in [-0.05, 0) is 41.7 Å². The number of nitrogens with zero attached hydrogens (tertiary/aromatic N) is 2. The van der Waals surface area contributed by atoms with Crippen LogP contribution in [0.3, 0.4) is 0 Å². The number of fused-ring (bicyclic) bond motifs is 1. The topological polar surface area (TPSA) is 16.8 Å². The molecule has 106 valence electrons. The van der Waals surface area contributed by atoms with Crippen LogP contribution >= 0.6 is 0 Å². The maximum atomic E-state index is 4.85. The van der Waals surface area contributed by atoms with Crippen molar-refractivity contribution < 1.29 is 4.57 Å². The van der Waals surface area contributed by atoms with Gasteiger partial charge in [-0.25, -0.2) is 4.57 Å². The van der Waals surface area contributed by atoms with E-state index < -0.39 is 0 Å².